The van der Waals surface area contributed by atoms with E-state index in [0.717, 1.165) is 11.8 Å². The average molecular weight is 138 g/mol. The highest BCUT2D eigenvalue weighted by Gasteiger charge is 2.70. The van der Waals surface area contributed by atoms with E-state index < -0.39 is 5.97 Å². The van der Waals surface area contributed by atoms with E-state index >= 15 is 0 Å². The van der Waals surface area contributed by atoms with Crippen LogP contribution in [0.4, 0.5) is 0 Å². The minimum absolute atomic E-state index is 0.0648. The van der Waals surface area contributed by atoms with Crippen LogP contribution < -0.4 is 0 Å². The molecule has 4 rings (SSSR count). The molecule has 4 fully saturated rings. The average Bonchev–Trinajstić information content (AvgIpc) is 2.38. The van der Waals surface area contributed by atoms with E-state index in [0.29, 0.717) is 11.8 Å². The van der Waals surface area contributed by atoms with E-state index in [1.807, 2.05) is 0 Å². The van der Waals surface area contributed by atoms with Crippen LogP contribution in [0.15, 0.2) is 0 Å². The molecule has 10 heavy (non-hydrogen) atoms. The summed E-state index contributed by atoms with van der Waals surface area (Å²) in [7, 11) is 0. The van der Waals surface area contributed by atoms with E-state index in [4.69, 9.17) is 5.11 Å². The van der Waals surface area contributed by atoms with E-state index in [2.05, 4.69) is 0 Å². The molecule has 0 saturated heterocycles. The van der Waals surface area contributed by atoms with Gasteiger partial charge in [0.1, 0.15) is 0 Å². The number of carboxylic acids is 1. The van der Waals surface area contributed by atoms with Gasteiger partial charge < -0.3 is 5.11 Å². The van der Waals surface area contributed by atoms with Crippen LogP contribution in [0.3, 0.4) is 0 Å². The molecule has 0 radical (unpaired) electrons. The first-order chi connectivity index (χ1) is 4.79. The van der Waals surface area contributed by atoms with Gasteiger partial charge >= 0.3 is 5.97 Å². The second kappa shape index (κ2) is 1.25. The molecule has 54 valence electrons. The molecule has 0 amide bonds. The van der Waals surface area contributed by atoms with Crippen molar-refractivity contribution in [2.24, 2.45) is 29.6 Å². The molecule has 0 aliphatic heterocycles. The maximum Gasteiger partial charge on any atom is 0.307 e. The Morgan fingerprint density at radius 2 is 1.90 bits per heavy atom. The summed E-state index contributed by atoms with van der Waals surface area (Å²) in [5, 5.41) is 8.81. The highest BCUT2D eigenvalue weighted by atomic mass is 16.4. The van der Waals surface area contributed by atoms with Gasteiger partial charge in [-0.15, -0.1) is 0 Å². The van der Waals surface area contributed by atoms with Gasteiger partial charge in [-0.3, -0.25) is 4.79 Å². The minimum atomic E-state index is -0.530. The fraction of sp³-hybridized carbons (Fsp3) is 0.875. The zero-order valence-electron chi connectivity index (χ0n) is 5.66. The molecule has 4 bridgehead atoms. The van der Waals surface area contributed by atoms with Gasteiger partial charge in [0, 0.05) is 0 Å². The summed E-state index contributed by atoms with van der Waals surface area (Å²) in [5.74, 6) is 2.39. The normalized spacial score (nSPS) is 61.0. The van der Waals surface area contributed by atoms with Crippen molar-refractivity contribution in [1.29, 1.82) is 0 Å². The molecule has 0 heterocycles. The molecule has 0 aromatic heterocycles. The van der Waals surface area contributed by atoms with Crippen molar-refractivity contribution in [3.05, 3.63) is 0 Å². The van der Waals surface area contributed by atoms with Crippen molar-refractivity contribution in [2.75, 3.05) is 0 Å². The summed E-state index contributed by atoms with van der Waals surface area (Å²) in [4.78, 5) is 10.7. The Kier molecular flexibility index (Phi) is 0.644. The molecule has 4 aliphatic rings. The molecule has 2 heteroatoms. The fourth-order valence-electron chi connectivity index (χ4n) is 3.44. The Hall–Kier alpha value is -0.530. The third kappa shape index (κ3) is 0.360. The summed E-state index contributed by atoms with van der Waals surface area (Å²) in [6, 6.07) is 0. The minimum Gasteiger partial charge on any atom is -0.481 e. The summed E-state index contributed by atoms with van der Waals surface area (Å²) in [6.07, 6.45) is 2.46. The van der Waals surface area contributed by atoms with Crippen LogP contribution in [-0.4, -0.2) is 11.1 Å². The van der Waals surface area contributed by atoms with Crippen LogP contribution in [0.2, 0.25) is 0 Å². The predicted octanol–water partition coefficient (Wildman–Crippen LogP) is 0.973. The number of hydrogen-bond donors (Lipinski definition) is 1. The smallest absolute Gasteiger partial charge is 0.307 e. The molecule has 5 atom stereocenters. The standard InChI is InChI=1S/C8H10O2/c9-8(10)6-3-1-4-5(2-3)7(4)6/h3-7H,1-2H2,(H,9,10)/t3?,4-,5+,6?,7?. The van der Waals surface area contributed by atoms with Gasteiger partial charge in [0.25, 0.3) is 0 Å². The van der Waals surface area contributed by atoms with Gasteiger partial charge in [-0.25, -0.2) is 0 Å². The molecule has 0 aromatic carbocycles. The summed E-state index contributed by atoms with van der Waals surface area (Å²) in [5.41, 5.74) is 0. The van der Waals surface area contributed by atoms with E-state index in [1.54, 1.807) is 0 Å². The van der Waals surface area contributed by atoms with Crippen LogP contribution in [0.25, 0.3) is 0 Å². The molecule has 0 spiro atoms. The lowest BCUT2D eigenvalue weighted by Crippen LogP contribution is -2.16. The maximum atomic E-state index is 10.7. The second-order valence-corrected chi connectivity index (χ2v) is 4.00. The Morgan fingerprint density at radius 1 is 1.30 bits per heavy atom. The molecule has 4 aliphatic carbocycles. The summed E-state index contributed by atoms with van der Waals surface area (Å²) >= 11 is 0. The van der Waals surface area contributed by atoms with Crippen LogP contribution in [0, 0.1) is 29.6 Å². The van der Waals surface area contributed by atoms with Gasteiger partial charge in [0.15, 0.2) is 0 Å². The van der Waals surface area contributed by atoms with Gasteiger partial charge in [0.2, 0.25) is 0 Å². The second-order valence-electron chi connectivity index (χ2n) is 4.00. The van der Waals surface area contributed by atoms with Crippen molar-refractivity contribution in [3.63, 3.8) is 0 Å². The quantitative estimate of drug-likeness (QED) is 0.586. The van der Waals surface area contributed by atoms with Crippen molar-refractivity contribution in [3.8, 4) is 0 Å². The highest BCUT2D eigenvalue weighted by molar-refractivity contribution is 5.73. The monoisotopic (exact) mass is 138 g/mol. The van der Waals surface area contributed by atoms with Crippen molar-refractivity contribution < 1.29 is 9.90 Å². The van der Waals surface area contributed by atoms with Gasteiger partial charge in [-0.1, -0.05) is 0 Å². The molecule has 3 unspecified atom stereocenters. The SMILES string of the molecule is O=C(O)C1C2C[C@@H]3C1[C@@H]3C2. The molecule has 4 saturated carbocycles. The molecule has 1 N–H and O–H groups in total. The molecule has 0 aromatic rings. The van der Waals surface area contributed by atoms with Crippen molar-refractivity contribution >= 4 is 5.97 Å². The van der Waals surface area contributed by atoms with Crippen LogP contribution in [0.5, 0.6) is 0 Å². The van der Waals surface area contributed by atoms with Crippen LogP contribution in [0.1, 0.15) is 12.8 Å². The number of hydrogen-bond acceptors (Lipinski definition) is 1. The van der Waals surface area contributed by atoms with Gasteiger partial charge in [0.05, 0.1) is 5.92 Å². The molecular weight excluding hydrogens is 128 g/mol. The Balaban J connectivity index is 1.97. The predicted molar refractivity (Wildman–Crippen MR) is 34.3 cm³/mol. The number of rotatable bonds is 1. The van der Waals surface area contributed by atoms with Gasteiger partial charge in [-0.2, -0.15) is 0 Å². The van der Waals surface area contributed by atoms with Crippen LogP contribution >= 0.6 is 0 Å². The summed E-state index contributed by atoms with van der Waals surface area (Å²) < 4.78 is 0. The molecule has 2 nitrogen and oxygen atoms in total. The largest absolute Gasteiger partial charge is 0.481 e. The first-order valence-electron chi connectivity index (χ1n) is 4.02. The topological polar surface area (TPSA) is 37.3 Å². The number of carboxylic acid groups (broad SMARTS) is 1. The van der Waals surface area contributed by atoms with E-state index in [-0.39, 0.29) is 5.92 Å². The lowest BCUT2D eigenvalue weighted by atomic mass is 9.99. The van der Waals surface area contributed by atoms with Crippen molar-refractivity contribution in [2.45, 2.75) is 12.8 Å². The third-order valence-electron chi connectivity index (χ3n) is 3.76. The maximum absolute atomic E-state index is 10.7. The van der Waals surface area contributed by atoms with Crippen LogP contribution in [-0.2, 0) is 4.79 Å². The Labute approximate surface area is 59.2 Å². The summed E-state index contributed by atoms with van der Waals surface area (Å²) in [6.45, 7) is 0. The Morgan fingerprint density at radius 3 is 2.10 bits per heavy atom. The first-order valence-corrected chi connectivity index (χ1v) is 4.02. The Bertz CT molecular complexity index is 197. The lowest BCUT2D eigenvalue weighted by molar-refractivity contribution is -0.143. The molecular formula is C8H10O2. The number of aliphatic carboxylic acids is 1. The number of carbonyl (C=O) groups is 1. The fourth-order valence-corrected chi connectivity index (χ4v) is 3.44. The van der Waals surface area contributed by atoms with Gasteiger partial charge in [-0.05, 0) is 36.5 Å². The highest BCUT2D eigenvalue weighted by Crippen LogP contribution is 2.73. The van der Waals surface area contributed by atoms with Crippen molar-refractivity contribution in [1.82, 2.24) is 0 Å². The van der Waals surface area contributed by atoms with E-state index in [9.17, 15) is 4.79 Å². The lowest BCUT2D eigenvalue weighted by Gasteiger charge is -2.06. The zero-order valence-corrected chi connectivity index (χ0v) is 5.66. The van der Waals surface area contributed by atoms with E-state index in [1.165, 1.54) is 12.8 Å². The first kappa shape index (κ1) is 5.16. The third-order valence-corrected chi connectivity index (χ3v) is 3.76. The zero-order chi connectivity index (χ0) is 6.88.